The van der Waals surface area contributed by atoms with Crippen molar-refractivity contribution in [2.24, 2.45) is 5.73 Å². The minimum atomic E-state index is 0.482. The van der Waals surface area contributed by atoms with Gasteiger partial charge < -0.3 is 11.1 Å². The highest BCUT2D eigenvalue weighted by Gasteiger charge is 2.21. The first-order valence-corrected chi connectivity index (χ1v) is 8.70. The molecule has 1 aliphatic carbocycles. The molecule has 118 valence electrons. The normalized spacial score (nSPS) is 17.6. The number of hydrogen-bond acceptors (Lipinski definition) is 3. The topological polar surface area (TPSA) is 50.9 Å². The average molecular weight is 297 g/mol. The Kier molecular flexibility index (Phi) is 5.41. The summed E-state index contributed by atoms with van der Waals surface area (Å²) in [5, 5.41) is 5.01. The number of pyridine rings is 1. The summed E-state index contributed by atoms with van der Waals surface area (Å²) in [4.78, 5) is 4.88. The smallest absolute Gasteiger partial charge is 0.0705 e. The van der Waals surface area contributed by atoms with Gasteiger partial charge in [-0.2, -0.15) is 0 Å². The molecule has 1 aromatic heterocycles. The maximum atomic E-state index is 5.54. The molecule has 0 spiro atoms. The third-order valence-electron chi connectivity index (χ3n) is 4.64. The van der Waals surface area contributed by atoms with Crippen LogP contribution in [-0.2, 0) is 6.42 Å². The molecule has 3 rings (SSSR count). The van der Waals surface area contributed by atoms with Crippen LogP contribution in [0.4, 0.5) is 0 Å². The zero-order chi connectivity index (χ0) is 15.2. The Labute approximate surface area is 133 Å². The van der Waals surface area contributed by atoms with E-state index in [1.54, 1.807) is 0 Å². The molecule has 1 aliphatic rings. The van der Waals surface area contributed by atoms with Crippen LogP contribution in [0.15, 0.2) is 30.3 Å². The van der Waals surface area contributed by atoms with E-state index in [0.717, 1.165) is 31.4 Å². The van der Waals surface area contributed by atoms with Crippen LogP contribution in [0.1, 0.15) is 55.8 Å². The van der Waals surface area contributed by atoms with Gasteiger partial charge in [0.1, 0.15) is 0 Å². The zero-order valence-corrected chi connectivity index (χ0v) is 13.4. The summed E-state index contributed by atoms with van der Waals surface area (Å²) in [6.07, 6.45) is 8.52. The van der Waals surface area contributed by atoms with Crippen molar-refractivity contribution in [2.45, 2.75) is 51.0 Å². The van der Waals surface area contributed by atoms with Crippen molar-refractivity contribution in [2.75, 3.05) is 13.1 Å². The molecule has 0 bridgehead atoms. The molecule has 3 nitrogen and oxygen atoms in total. The molecule has 1 aromatic carbocycles. The first kappa shape index (κ1) is 15.4. The van der Waals surface area contributed by atoms with E-state index in [2.05, 4.69) is 35.6 Å². The Bertz CT molecular complexity index is 609. The number of fused-ring (bicyclic) bond motifs is 2. The van der Waals surface area contributed by atoms with Crippen molar-refractivity contribution in [1.29, 1.82) is 0 Å². The zero-order valence-electron chi connectivity index (χ0n) is 13.4. The van der Waals surface area contributed by atoms with Crippen LogP contribution in [0.5, 0.6) is 0 Å². The summed E-state index contributed by atoms with van der Waals surface area (Å²) in [5.74, 6) is 0. The SMILES string of the molecule is NCCCCCCNC1CCCc2nc3ccccc3cc21. The van der Waals surface area contributed by atoms with E-state index in [-0.39, 0.29) is 0 Å². The highest BCUT2D eigenvalue weighted by atomic mass is 14.9. The van der Waals surface area contributed by atoms with Gasteiger partial charge in [-0.3, -0.25) is 4.98 Å². The van der Waals surface area contributed by atoms with E-state index in [0.29, 0.717) is 6.04 Å². The lowest BCUT2D eigenvalue weighted by Crippen LogP contribution is -2.26. The largest absolute Gasteiger partial charge is 0.330 e. The molecular weight excluding hydrogens is 270 g/mol. The Balaban J connectivity index is 1.64. The van der Waals surface area contributed by atoms with Crippen molar-refractivity contribution >= 4 is 10.9 Å². The number of aromatic nitrogens is 1. The van der Waals surface area contributed by atoms with Gasteiger partial charge in [-0.05, 0) is 62.9 Å². The van der Waals surface area contributed by atoms with E-state index < -0.39 is 0 Å². The molecule has 0 fully saturated rings. The molecule has 0 saturated heterocycles. The van der Waals surface area contributed by atoms with E-state index in [4.69, 9.17) is 10.7 Å². The second-order valence-corrected chi connectivity index (χ2v) is 6.32. The lowest BCUT2D eigenvalue weighted by Gasteiger charge is -2.26. The molecule has 0 radical (unpaired) electrons. The third kappa shape index (κ3) is 3.65. The molecule has 22 heavy (non-hydrogen) atoms. The number of nitrogens with one attached hydrogen (secondary N) is 1. The lowest BCUT2D eigenvalue weighted by molar-refractivity contribution is 0.446. The maximum absolute atomic E-state index is 5.54. The Morgan fingerprint density at radius 1 is 1.14 bits per heavy atom. The number of unbranched alkanes of at least 4 members (excludes halogenated alkanes) is 3. The Morgan fingerprint density at radius 3 is 2.91 bits per heavy atom. The molecule has 0 saturated carbocycles. The molecule has 3 heteroatoms. The molecule has 0 amide bonds. The van der Waals surface area contributed by atoms with E-state index in [1.807, 2.05) is 0 Å². The predicted molar refractivity (Wildman–Crippen MR) is 92.9 cm³/mol. The number of hydrogen-bond donors (Lipinski definition) is 2. The molecule has 2 aromatic rings. The van der Waals surface area contributed by atoms with Gasteiger partial charge in [-0.1, -0.05) is 31.0 Å². The molecule has 1 unspecified atom stereocenters. The standard InChI is InChI=1S/C19H27N3/c20-12-5-1-2-6-13-21-18-10-7-11-19-16(18)14-15-8-3-4-9-17(15)22-19/h3-4,8-9,14,18,21H,1-2,5-7,10-13,20H2. The molecule has 0 aliphatic heterocycles. The van der Waals surface area contributed by atoms with Gasteiger partial charge in [0, 0.05) is 17.1 Å². The van der Waals surface area contributed by atoms with Gasteiger partial charge >= 0.3 is 0 Å². The van der Waals surface area contributed by atoms with Gasteiger partial charge in [0.05, 0.1) is 5.52 Å². The number of benzene rings is 1. The summed E-state index contributed by atoms with van der Waals surface area (Å²) in [5.41, 5.74) is 9.38. The van der Waals surface area contributed by atoms with E-state index in [9.17, 15) is 0 Å². The highest BCUT2D eigenvalue weighted by molar-refractivity contribution is 5.79. The predicted octanol–water partition coefficient (Wildman–Crippen LogP) is 3.72. The number of aryl methyl sites for hydroxylation is 1. The van der Waals surface area contributed by atoms with Crippen molar-refractivity contribution in [3.05, 3.63) is 41.6 Å². The fraction of sp³-hybridized carbons (Fsp3) is 0.526. The van der Waals surface area contributed by atoms with Crippen molar-refractivity contribution in [3.63, 3.8) is 0 Å². The van der Waals surface area contributed by atoms with Gasteiger partial charge in [0.15, 0.2) is 0 Å². The fourth-order valence-corrected chi connectivity index (χ4v) is 3.41. The van der Waals surface area contributed by atoms with Crippen molar-refractivity contribution in [1.82, 2.24) is 10.3 Å². The quantitative estimate of drug-likeness (QED) is 0.766. The minimum absolute atomic E-state index is 0.482. The number of rotatable bonds is 7. The minimum Gasteiger partial charge on any atom is -0.330 e. The Hall–Kier alpha value is -1.45. The monoisotopic (exact) mass is 297 g/mol. The number of para-hydroxylation sites is 1. The molecule has 3 N–H and O–H groups in total. The van der Waals surface area contributed by atoms with Crippen LogP contribution in [-0.4, -0.2) is 18.1 Å². The van der Waals surface area contributed by atoms with Crippen LogP contribution in [0, 0.1) is 0 Å². The van der Waals surface area contributed by atoms with Gasteiger partial charge in [-0.25, -0.2) is 0 Å². The first-order valence-electron chi connectivity index (χ1n) is 8.70. The van der Waals surface area contributed by atoms with Crippen LogP contribution >= 0.6 is 0 Å². The maximum Gasteiger partial charge on any atom is 0.0705 e. The number of nitrogens with two attached hydrogens (primary N) is 1. The fourth-order valence-electron chi connectivity index (χ4n) is 3.41. The second-order valence-electron chi connectivity index (χ2n) is 6.32. The van der Waals surface area contributed by atoms with Crippen LogP contribution < -0.4 is 11.1 Å². The second kappa shape index (κ2) is 7.70. The van der Waals surface area contributed by atoms with Crippen molar-refractivity contribution < 1.29 is 0 Å². The van der Waals surface area contributed by atoms with E-state index in [1.165, 1.54) is 48.7 Å². The summed E-state index contributed by atoms with van der Waals surface area (Å²) >= 11 is 0. The Morgan fingerprint density at radius 2 is 2.00 bits per heavy atom. The average Bonchev–Trinajstić information content (AvgIpc) is 2.56. The summed E-state index contributed by atoms with van der Waals surface area (Å²) in [6.45, 7) is 1.92. The molecular formula is C19H27N3. The summed E-state index contributed by atoms with van der Waals surface area (Å²) in [7, 11) is 0. The van der Waals surface area contributed by atoms with Crippen molar-refractivity contribution in [3.8, 4) is 0 Å². The van der Waals surface area contributed by atoms with Gasteiger partial charge in [0.2, 0.25) is 0 Å². The van der Waals surface area contributed by atoms with E-state index >= 15 is 0 Å². The first-order chi connectivity index (χ1) is 10.9. The van der Waals surface area contributed by atoms with Crippen LogP contribution in [0.2, 0.25) is 0 Å². The van der Waals surface area contributed by atoms with Gasteiger partial charge in [-0.15, -0.1) is 0 Å². The summed E-state index contributed by atoms with van der Waals surface area (Å²) < 4.78 is 0. The third-order valence-corrected chi connectivity index (χ3v) is 4.64. The van der Waals surface area contributed by atoms with Gasteiger partial charge in [0.25, 0.3) is 0 Å². The summed E-state index contributed by atoms with van der Waals surface area (Å²) in [6, 6.07) is 11.3. The highest BCUT2D eigenvalue weighted by Crippen LogP contribution is 2.31. The lowest BCUT2D eigenvalue weighted by atomic mass is 9.90. The molecule has 1 heterocycles. The van der Waals surface area contributed by atoms with Crippen LogP contribution in [0.25, 0.3) is 10.9 Å². The molecule has 1 atom stereocenters. The van der Waals surface area contributed by atoms with Crippen LogP contribution in [0.3, 0.4) is 0 Å². The number of nitrogens with zero attached hydrogens (tertiary/aromatic N) is 1.